The van der Waals surface area contributed by atoms with Crippen LogP contribution in [0.5, 0.6) is 0 Å². The van der Waals surface area contributed by atoms with Gasteiger partial charge in [-0.15, -0.1) is 0 Å². The molecule has 0 spiro atoms. The molecule has 4 heteroatoms. The third-order valence-electron chi connectivity index (χ3n) is 1.86. The maximum absolute atomic E-state index is 11.4. The van der Waals surface area contributed by atoms with E-state index in [0.717, 1.165) is 10.5 Å². The minimum Gasteiger partial charge on any atom is -0.289 e. The van der Waals surface area contributed by atoms with Crippen molar-refractivity contribution in [1.82, 2.24) is 4.90 Å². The van der Waals surface area contributed by atoms with E-state index < -0.39 is 5.91 Å². The van der Waals surface area contributed by atoms with E-state index >= 15 is 0 Å². The van der Waals surface area contributed by atoms with Gasteiger partial charge in [0.2, 0.25) is 12.7 Å². The van der Waals surface area contributed by atoms with Crippen molar-refractivity contribution in [2.45, 2.75) is 0 Å². The molecule has 0 aliphatic rings. The predicted molar refractivity (Wildman–Crippen MR) is 58.9 cm³/mol. The van der Waals surface area contributed by atoms with E-state index in [9.17, 15) is 14.4 Å². The van der Waals surface area contributed by atoms with E-state index in [2.05, 4.69) is 0 Å². The molecule has 1 aromatic rings. The number of imide groups is 1. The van der Waals surface area contributed by atoms with Gasteiger partial charge < -0.3 is 0 Å². The Morgan fingerprint density at radius 2 is 2.00 bits per heavy atom. The van der Waals surface area contributed by atoms with Crippen molar-refractivity contribution in [1.29, 1.82) is 0 Å². The third kappa shape index (κ3) is 3.49. The first-order valence-electron chi connectivity index (χ1n) is 4.62. The van der Waals surface area contributed by atoms with Crippen LogP contribution in [0.25, 0.3) is 6.08 Å². The molecule has 0 N–H and O–H groups in total. The van der Waals surface area contributed by atoms with Crippen LogP contribution in [-0.2, 0) is 14.4 Å². The van der Waals surface area contributed by atoms with E-state index in [4.69, 9.17) is 0 Å². The number of carbonyl (C=O) groups excluding carboxylic acids is 3. The molecular formula is C12H10NO3. The minimum absolute atomic E-state index is 0.308. The van der Waals surface area contributed by atoms with Gasteiger partial charge >= 0.3 is 0 Å². The van der Waals surface area contributed by atoms with Crippen LogP contribution >= 0.6 is 0 Å². The Bertz CT molecular complexity index is 398. The van der Waals surface area contributed by atoms with Crippen molar-refractivity contribution in [3.05, 3.63) is 42.0 Å². The molecule has 0 saturated heterocycles. The van der Waals surface area contributed by atoms with E-state index in [1.54, 1.807) is 6.08 Å². The van der Waals surface area contributed by atoms with E-state index in [1.165, 1.54) is 12.4 Å². The molecule has 0 aromatic heterocycles. The molecule has 16 heavy (non-hydrogen) atoms. The molecule has 0 aliphatic heterocycles. The number of hydrogen-bond donors (Lipinski definition) is 0. The maximum atomic E-state index is 11.4. The first-order chi connectivity index (χ1) is 7.77. The van der Waals surface area contributed by atoms with Crippen molar-refractivity contribution in [2.75, 3.05) is 6.54 Å². The normalized spacial score (nSPS) is 10.0. The quantitative estimate of drug-likeness (QED) is 0.540. The molecular weight excluding hydrogens is 206 g/mol. The van der Waals surface area contributed by atoms with Crippen LogP contribution < -0.4 is 0 Å². The van der Waals surface area contributed by atoms with Gasteiger partial charge in [-0.2, -0.15) is 0 Å². The van der Waals surface area contributed by atoms with E-state index in [0.29, 0.717) is 6.41 Å². The molecule has 1 rings (SSSR count). The number of benzene rings is 1. The van der Waals surface area contributed by atoms with Gasteiger partial charge in [0.1, 0.15) is 0 Å². The Kier molecular flexibility index (Phi) is 4.66. The van der Waals surface area contributed by atoms with Gasteiger partial charge in [-0.3, -0.25) is 19.3 Å². The lowest BCUT2D eigenvalue weighted by Crippen LogP contribution is -2.29. The smallest absolute Gasteiger partial charge is 0.253 e. The van der Waals surface area contributed by atoms with Crippen molar-refractivity contribution in [3.63, 3.8) is 0 Å². The second-order valence-corrected chi connectivity index (χ2v) is 2.96. The second kappa shape index (κ2) is 6.29. The van der Waals surface area contributed by atoms with Crippen LogP contribution in [0.1, 0.15) is 5.56 Å². The molecule has 0 heterocycles. The Labute approximate surface area is 93.2 Å². The van der Waals surface area contributed by atoms with Gasteiger partial charge in [-0.25, -0.2) is 0 Å². The fraction of sp³-hybridized carbons (Fsp3) is 0.0833. The molecule has 0 saturated carbocycles. The van der Waals surface area contributed by atoms with Crippen molar-refractivity contribution in [2.24, 2.45) is 0 Å². The third-order valence-corrected chi connectivity index (χ3v) is 1.86. The highest BCUT2D eigenvalue weighted by molar-refractivity contribution is 5.98. The van der Waals surface area contributed by atoms with Gasteiger partial charge in [0.15, 0.2) is 0 Å². The van der Waals surface area contributed by atoms with Crippen LogP contribution in [0.3, 0.4) is 0 Å². The summed E-state index contributed by atoms with van der Waals surface area (Å²) in [6.45, 7) is -0.346. The van der Waals surface area contributed by atoms with E-state index in [1.807, 2.05) is 30.3 Å². The second-order valence-electron chi connectivity index (χ2n) is 2.96. The lowest BCUT2D eigenvalue weighted by Gasteiger charge is -2.07. The molecule has 0 atom stereocenters. The Morgan fingerprint density at radius 1 is 1.31 bits per heavy atom. The zero-order valence-electron chi connectivity index (χ0n) is 8.50. The summed E-state index contributed by atoms with van der Waals surface area (Å²) < 4.78 is 0. The SMILES string of the molecule is O=[C]CN(C=O)C(=O)/C=C/c1ccccc1. The highest BCUT2D eigenvalue weighted by Crippen LogP contribution is 2.01. The molecule has 0 fully saturated rings. The zero-order chi connectivity index (χ0) is 11.8. The average molecular weight is 216 g/mol. The Morgan fingerprint density at radius 3 is 2.56 bits per heavy atom. The molecule has 0 unspecified atom stereocenters. The van der Waals surface area contributed by atoms with Crippen LogP contribution in [0, 0.1) is 0 Å². The van der Waals surface area contributed by atoms with Crippen molar-refractivity contribution < 1.29 is 14.4 Å². The van der Waals surface area contributed by atoms with Gasteiger partial charge in [0, 0.05) is 6.08 Å². The van der Waals surface area contributed by atoms with Crippen LogP contribution in [0.15, 0.2) is 36.4 Å². The summed E-state index contributed by atoms with van der Waals surface area (Å²) in [6.07, 6.45) is 4.61. The summed E-state index contributed by atoms with van der Waals surface area (Å²) >= 11 is 0. The Hall–Kier alpha value is -2.23. The molecule has 1 aromatic carbocycles. The number of rotatable bonds is 5. The van der Waals surface area contributed by atoms with Crippen LogP contribution in [-0.4, -0.2) is 30.0 Å². The number of nitrogens with zero attached hydrogens (tertiary/aromatic N) is 1. The highest BCUT2D eigenvalue weighted by atomic mass is 16.2. The number of amides is 2. The number of carbonyl (C=O) groups is 2. The lowest BCUT2D eigenvalue weighted by atomic mass is 10.2. The zero-order valence-corrected chi connectivity index (χ0v) is 8.50. The van der Waals surface area contributed by atoms with Gasteiger partial charge in [-0.05, 0) is 11.6 Å². The summed E-state index contributed by atoms with van der Waals surface area (Å²) in [5, 5.41) is 0. The summed E-state index contributed by atoms with van der Waals surface area (Å²) in [5.74, 6) is -0.540. The van der Waals surface area contributed by atoms with Gasteiger partial charge in [0.05, 0.1) is 6.54 Å². The fourth-order valence-corrected chi connectivity index (χ4v) is 1.06. The lowest BCUT2D eigenvalue weighted by molar-refractivity contribution is -0.133. The standard InChI is InChI=1S/C12H10NO3/c14-9-8-13(10-15)12(16)7-6-11-4-2-1-3-5-11/h1-7,10H,8H2/b7-6+. The highest BCUT2D eigenvalue weighted by Gasteiger charge is 2.07. The topological polar surface area (TPSA) is 54.5 Å². The maximum Gasteiger partial charge on any atom is 0.253 e. The molecule has 4 nitrogen and oxygen atoms in total. The first-order valence-corrected chi connectivity index (χ1v) is 4.62. The minimum atomic E-state index is -0.540. The van der Waals surface area contributed by atoms with Gasteiger partial charge in [0.25, 0.3) is 5.91 Å². The molecule has 81 valence electrons. The molecule has 2 amide bonds. The van der Waals surface area contributed by atoms with E-state index in [-0.39, 0.29) is 6.54 Å². The van der Waals surface area contributed by atoms with Crippen molar-refractivity contribution in [3.8, 4) is 0 Å². The van der Waals surface area contributed by atoms with Gasteiger partial charge in [-0.1, -0.05) is 30.3 Å². The van der Waals surface area contributed by atoms with Crippen molar-refractivity contribution >= 4 is 24.7 Å². The van der Waals surface area contributed by atoms with Crippen LogP contribution in [0.2, 0.25) is 0 Å². The predicted octanol–water partition coefficient (Wildman–Crippen LogP) is 0.794. The molecule has 0 aliphatic carbocycles. The van der Waals surface area contributed by atoms with Crippen LogP contribution in [0.4, 0.5) is 0 Å². The molecule has 0 bridgehead atoms. The molecule has 1 radical (unpaired) electrons. The summed E-state index contributed by atoms with van der Waals surface area (Å²) in [5.41, 5.74) is 0.844. The first kappa shape index (κ1) is 11.8. The summed E-state index contributed by atoms with van der Waals surface area (Å²) in [6, 6.07) is 9.17. The Balaban J connectivity index is 2.66. The monoisotopic (exact) mass is 216 g/mol. The fourth-order valence-electron chi connectivity index (χ4n) is 1.06. The average Bonchev–Trinajstić information content (AvgIpc) is 2.34. The summed E-state index contributed by atoms with van der Waals surface area (Å²) in [7, 11) is 0. The largest absolute Gasteiger partial charge is 0.289 e. The number of hydrogen-bond acceptors (Lipinski definition) is 3. The summed E-state index contributed by atoms with van der Waals surface area (Å²) in [4.78, 5) is 32.6.